The third kappa shape index (κ3) is 4.59. The van der Waals surface area contributed by atoms with E-state index in [2.05, 4.69) is 25.6 Å². The van der Waals surface area contributed by atoms with Gasteiger partial charge in [-0.15, -0.1) is 0 Å². The average molecular weight is 353 g/mol. The summed E-state index contributed by atoms with van der Waals surface area (Å²) in [6.45, 7) is 6.07. The number of aliphatic imine (C=N–C) groups is 1. The van der Waals surface area contributed by atoms with Crippen molar-refractivity contribution < 1.29 is 4.39 Å². The Morgan fingerprint density at radius 3 is 2.92 bits per heavy atom. The molecule has 5 nitrogen and oxygen atoms in total. The maximum absolute atomic E-state index is 13.3. The minimum absolute atomic E-state index is 0.227. The van der Waals surface area contributed by atoms with Crippen molar-refractivity contribution >= 4 is 16.9 Å². The van der Waals surface area contributed by atoms with E-state index in [0.717, 1.165) is 53.3 Å². The largest absolute Gasteiger partial charge is 0.361 e. The fourth-order valence-electron chi connectivity index (χ4n) is 2.87. The van der Waals surface area contributed by atoms with Gasteiger partial charge in [0, 0.05) is 35.9 Å². The van der Waals surface area contributed by atoms with Gasteiger partial charge in [0.1, 0.15) is 5.82 Å². The number of benzene rings is 1. The Balaban J connectivity index is 1.60. The summed E-state index contributed by atoms with van der Waals surface area (Å²) in [7, 11) is 0. The normalized spacial score (nSPS) is 11.7. The van der Waals surface area contributed by atoms with Gasteiger partial charge in [0.15, 0.2) is 5.96 Å². The van der Waals surface area contributed by atoms with Gasteiger partial charge in [-0.25, -0.2) is 9.38 Å². The zero-order chi connectivity index (χ0) is 18.4. The molecule has 0 atom stereocenters. The van der Waals surface area contributed by atoms with Gasteiger partial charge in [-0.05, 0) is 56.2 Å². The molecule has 1 aromatic carbocycles. The number of aromatic amines is 1. The number of fused-ring (bicyclic) bond motifs is 1. The highest BCUT2D eigenvalue weighted by Crippen LogP contribution is 2.19. The van der Waals surface area contributed by atoms with Crippen molar-refractivity contribution in [3.8, 4) is 0 Å². The molecule has 0 bridgehead atoms. The van der Waals surface area contributed by atoms with E-state index in [0.29, 0.717) is 6.54 Å². The van der Waals surface area contributed by atoms with Crippen LogP contribution < -0.4 is 10.6 Å². The van der Waals surface area contributed by atoms with E-state index >= 15 is 0 Å². The molecule has 0 aliphatic carbocycles. The predicted octanol–water partition coefficient (Wildman–Crippen LogP) is 3.31. The van der Waals surface area contributed by atoms with Gasteiger partial charge in [0.05, 0.1) is 12.2 Å². The standard InChI is InChI=1S/C20H24FN5/c1-3-22-20(25-13-17-6-4-5-14(2)26-17)23-10-9-15-12-24-19-11-16(21)7-8-18(15)19/h4-8,11-12,24H,3,9-10,13H2,1-2H3,(H2,22,23,25). The molecule has 0 unspecified atom stereocenters. The second-order valence-corrected chi connectivity index (χ2v) is 6.15. The van der Waals surface area contributed by atoms with Gasteiger partial charge >= 0.3 is 0 Å². The number of nitrogens with one attached hydrogen (secondary N) is 3. The lowest BCUT2D eigenvalue weighted by atomic mass is 10.1. The molecule has 6 heteroatoms. The number of rotatable bonds is 6. The van der Waals surface area contributed by atoms with E-state index in [9.17, 15) is 4.39 Å². The van der Waals surface area contributed by atoms with Crippen molar-refractivity contribution in [2.75, 3.05) is 13.1 Å². The zero-order valence-electron chi connectivity index (χ0n) is 15.1. The van der Waals surface area contributed by atoms with E-state index in [-0.39, 0.29) is 5.82 Å². The first-order valence-electron chi connectivity index (χ1n) is 8.86. The van der Waals surface area contributed by atoms with Gasteiger partial charge in [-0.3, -0.25) is 4.98 Å². The lowest BCUT2D eigenvalue weighted by Crippen LogP contribution is -2.38. The van der Waals surface area contributed by atoms with Gasteiger partial charge < -0.3 is 15.6 Å². The molecule has 0 spiro atoms. The minimum atomic E-state index is -0.227. The lowest BCUT2D eigenvalue weighted by Gasteiger charge is -2.11. The van der Waals surface area contributed by atoms with E-state index in [1.54, 1.807) is 0 Å². The number of nitrogens with zero attached hydrogens (tertiary/aromatic N) is 2. The number of H-pyrrole nitrogens is 1. The summed E-state index contributed by atoms with van der Waals surface area (Å²) < 4.78 is 13.3. The van der Waals surface area contributed by atoms with E-state index in [1.165, 1.54) is 12.1 Å². The van der Waals surface area contributed by atoms with Crippen LogP contribution in [0.2, 0.25) is 0 Å². The Bertz CT molecular complexity index is 900. The Morgan fingerprint density at radius 2 is 2.12 bits per heavy atom. The van der Waals surface area contributed by atoms with Crippen LogP contribution in [0.25, 0.3) is 10.9 Å². The summed E-state index contributed by atoms with van der Waals surface area (Å²) in [4.78, 5) is 12.2. The topological polar surface area (TPSA) is 65.1 Å². The van der Waals surface area contributed by atoms with E-state index in [4.69, 9.17) is 0 Å². The molecule has 0 saturated carbocycles. The Kier molecular flexibility index (Phi) is 5.84. The fraction of sp³-hybridized carbons (Fsp3) is 0.300. The van der Waals surface area contributed by atoms with Gasteiger partial charge in [-0.1, -0.05) is 6.07 Å². The van der Waals surface area contributed by atoms with E-state index in [1.807, 2.05) is 44.3 Å². The quantitative estimate of drug-likeness (QED) is 0.470. The Labute approximate surface area is 152 Å². The van der Waals surface area contributed by atoms with Crippen LogP contribution in [-0.4, -0.2) is 29.0 Å². The second-order valence-electron chi connectivity index (χ2n) is 6.15. The zero-order valence-corrected chi connectivity index (χ0v) is 15.1. The lowest BCUT2D eigenvalue weighted by molar-refractivity contribution is 0.629. The summed E-state index contributed by atoms with van der Waals surface area (Å²) in [5, 5.41) is 7.64. The molecule has 2 aromatic heterocycles. The van der Waals surface area contributed by atoms with Crippen LogP contribution in [0.15, 0.2) is 47.6 Å². The molecule has 3 aromatic rings. The molecule has 0 aliphatic rings. The van der Waals surface area contributed by atoms with Crippen molar-refractivity contribution in [1.82, 2.24) is 20.6 Å². The predicted molar refractivity (Wildman–Crippen MR) is 104 cm³/mol. The number of hydrogen-bond donors (Lipinski definition) is 3. The van der Waals surface area contributed by atoms with Crippen LogP contribution in [0, 0.1) is 12.7 Å². The molecule has 0 saturated heterocycles. The summed E-state index contributed by atoms with van der Waals surface area (Å²) in [6.07, 6.45) is 2.76. The summed E-state index contributed by atoms with van der Waals surface area (Å²) >= 11 is 0. The third-order valence-corrected chi connectivity index (χ3v) is 4.11. The number of hydrogen-bond acceptors (Lipinski definition) is 2. The van der Waals surface area contributed by atoms with Crippen LogP contribution in [0.3, 0.4) is 0 Å². The second kappa shape index (κ2) is 8.47. The molecule has 136 valence electrons. The first-order chi connectivity index (χ1) is 12.7. The van der Waals surface area contributed by atoms with Crippen molar-refractivity contribution in [2.45, 2.75) is 26.8 Å². The molecule has 2 heterocycles. The third-order valence-electron chi connectivity index (χ3n) is 4.11. The van der Waals surface area contributed by atoms with Crippen LogP contribution in [0.1, 0.15) is 23.9 Å². The molecular weight excluding hydrogens is 329 g/mol. The molecule has 3 rings (SSSR count). The first-order valence-corrected chi connectivity index (χ1v) is 8.86. The summed E-state index contributed by atoms with van der Waals surface area (Å²) in [5.74, 6) is 0.539. The molecule has 26 heavy (non-hydrogen) atoms. The van der Waals surface area contributed by atoms with Crippen molar-refractivity contribution in [1.29, 1.82) is 0 Å². The SMILES string of the molecule is CCNC(=NCc1cccc(C)n1)NCCc1c[nH]c2cc(F)ccc12. The minimum Gasteiger partial charge on any atom is -0.361 e. The highest BCUT2D eigenvalue weighted by molar-refractivity contribution is 5.83. The number of guanidine groups is 1. The first kappa shape index (κ1) is 17.9. The van der Waals surface area contributed by atoms with Crippen LogP contribution in [-0.2, 0) is 13.0 Å². The van der Waals surface area contributed by atoms with Crippen LogP contribution in [0.5, 0.6) is 0 Å². The number of aromatic nitrogens is 2. The van der Waals surface area contributed by atoms with Crippen molar-refractivity contribution in [3.05, 3.63) is 65.4 Å². The maximum Gasteiger partial charge on any atom is 0.191 e. The smallest absolute Gasteiger partial charge is 0.191 e. The van der Waals surface area contributed by atoms with Gasteiger partial charge in [0.25, 0.3) is 0 Å². The maximum atomic E-state index is 13.3. The highest BCUT2D eigenvalue weighted by atomic mass is 19.1. The highest BCUT2D eigenvalue weighted by Gasteiger charge is 2.05. The monoisotopic (exact) mass is 353 g/mol. The van der Waals surface area contributed by atoms with Crippen LogP contribution in [0.4, 0.5) is 4.39 Å². The summed E-state index contributed by atoms with van der Waals surface area (Å²) in [6, 6.07) is 10.8. The Hall–Kier alpha value is -2.89. The fourth-order valence-corrected chi connectivity index (χ4v) is 2.87. The Morgan fingerprint density at radius 1 is 1.23 bits per heavy atom. The molecule has 3 N–H and O–H groups in total. The van der Waals surface area contributed by atoms with E-state index < -0.39 is 0 Å². The number of aryl methyl sites for hydroxylation is 1. The number of pyridine rings is 1. The van der Waals surface area contributed by atoms with Gasteiger partial charge in [-0.2, -0.15) is 0 Å². The summed E-state index contributed by atoms with van der Waals surface area (Å²) in [5.41, 5.74) is 3.92. The molecule has 0 aliphatic heterocycles. The molecule has 0 fully saturated rings. The average Bonchev–Trinajstić information content (AvgIpc) is 3.02. The molecule has 0 radical (unpaired) electrons. The molecular formula is C20H24FN5. The molecule has 0 amide bonds. The van der Waals surface area contributed by atoms with Gasteiger partial charge in [0.2, 0.25) is 0 Å². The van der Waals surface area contributed by atoms with Crippen LogP contribution >= 0.6 is 0 Å². The number of halogens is 1. The van der Waals surface area contributed by atoms with Crippen molar-refractivity contribution in [3.63, 3.8) is 0 Å². The van der Waals surface area contributed by atoms with Crippen molar-refractivity contribution in [2.24, 2.45) is 4.99 Å².